The van der Waals surface area contributed by atoms with Crippen molar-refractivity contribution in [3.8, 4) is 5.75 Å². The first-order valence-electron chi connectivity index (χ1n) is 4.73. The molecule has 2 rings (SSSR count). The summed E-state index contributed by atoms with van der Waals surface area (Å²) in [4.78, 5) is 0. The number of aromatic hydroxyl groups is 1. The van der Waals surface area contributed by atoms with Gasteiger partial charge in [0.2, 0.25) is 0 Å². The van der Waals surface area contributed by atoms with Crippen molar-refractivity contribution in [2.45, 2.75) is 26.2 Å². The van der Waals surface area contributed by atoms with Gasteiger partial charge in [0.1, 0.15) is 5.75 Å². The second-order valence-electron chi connectivity index (χ2n) is 3.66. The van der Waals surface area contributed by atoms with E-state index in [4.69, 9.17) is 9.47 Å². The molecule has 1 aliphatic heterocycles. The number of phenolic OH excluding ortho intramolecular Hbond substituents is 1. The van der Waals surface area contributed by atoms with Crippen molar-refractivity contribution in [3.05, 3.63) is 29.3 Å². The summed E-state index contributed by atoms with van der Waals surface area (Å²) in [5.41, 5.74) is 1.80. The summed E-state index contributed by atoms with van der Waals surface area (Å²) in [5.74, 6) is 0.305. The van der Waals surface area contributed by atoms with Gasteiger partial charge in [-0.25, -0.2) is 0 Å². The highest BCUT2D eigenvalue weighted by Crippen LogP contribution is 2.29. The topological polar surface area (TPSA) is 38.7 Å². The first-order valence-corrected chi connectivity index (χ1v) is 4.73. The van der Waals surface area contributed by atoms with Crippen molar-refractivity contribution in [2.24, 2.45) is 0 Å². The van der Waals surface area contributed by atoms with Crippen LogP contribution in [0, 0.1) is 6.92 Å². The highest BCUT2D eigenvalue weighted by Gasteiger charge is 2.24. The van der Waals surface area contributed by atoms with E-state index < -0.39 is 0 Å². The van der Waals surface area contributed by atoms with Gasteiger partial charge in [-0.15, -0.1) is 0 Å². The van der Waals surface area contributed by atoms with Crippen LogP contribution in [0.1, 0.15) is 24.3 Å². The molecule has 0 amide bonds. The van der Waals surface area contributed by atoms with Gasteiger partial charge in [0.05, 0.1) is 12.7 Å². The molecule has 0 aromatic heterocycles. The fourth-order valence-electron chi connectivity index (χ4n) is 1.51. The van der Waals surface area contributed by atoms with E-state index in [0.717, 1.165) is 11.1 Å². The van der Waals surface area contributed by atoms with E-state index >= 15 is 0 Å². The lowest BCUT2D eigenvalue weighted by Gasteiger charge is -2.11. The Morgan fingerprint density at radius 2 is 2.21 bits per heavy atom. The maximum atomic E-state index is 9.36. The van der Waals surface area contributed by atoms with E-state index in [-0.39, 0.29) is 12.4 Å². The summed E-state index contributed by atoms with van der Waals surface area (Å²) in [6, 6.07) is 5.38. The van der Waals surface area contributed by atoms with Crippen LogP contribution in [-0.2, 0) is 9.47 Å². The largest absolute Gasteiger partial charge is 0.508 e. The molecule has 1 heterocycles. The fourth-order valence-corrected chi connectivity index (χ4v) is 1.51. The Kier molecular flexibility index (Phi) is 2.44. The highest BCUT2D eigenvalue weighted by atomic mass is 16.7. The van der Waals surface area contributed by atoms with Crippen molar-refractivity contribution < 1.29 is 14.6 Å². The summed E-state index contributed by atoms with van der Waals surface area (Å²) >= 11 is 0. The Hall–Kier alpha value is -1.06. The molecule has 1 aliphatic rings. The molecule has 1 aromatic rings. The van der Waals surface area contributed by atoms with Crippen LogP contribution < -0.4 is 0 Å². The summed E-state index contributed by atoms with van der Waals surface area (Å²) < 4.78 is 11.0. The van der Waals surface area contributed by atoms with Crippen molar-refractivity contribution in [1.82, 2.24) is 0 Å². The molecule has 3 heteroatoms. The quantitative estimate of drug-likeness (QED) is 0.744. The number of ether oxygens (including phenoxy) is 2. The van der Waals surface area contributed by atoms with Gasteiger partial charge in [-0.3, -0.25) is 0 Å². The standard InChI is InChI=1S/C11H14O3/c1-7-5-9(3-4-10(7)12)11-13-6-8(2)14-11/h3-5,8,11-12H,6H2,1-2H3. The Morgan fingerprint density at radius 3 is 2.79 bits per heavy atom. The fraction of sp³-hybridized carbons (Fsp3) is 0.455. The summed E-state index contributed by atoms with van der Waals surface area (Å²) in [5, 5.41) is 9.36. The van der Waals surface area contributed by atoms with E-state index in [1.54, 1.807) is 6.07 Å². The smallest absolute Gasteiger partial charge is 0.184 e. The summed E-state index contributed by atoms with van der Waals surface area (Å²) in [6.45, 7) is 4.47. The number of hydrogen-bond donors (Lipinski definition) is 1. The molecule has 2 atom stereocenters. The van der Waals surface area contributed by atoms with Gasteiger partial charge in [0.25, 0.3) is 0 Å². The van der Waals surface area contributed by atoms with Gasteiger partial charge < -0.3 is 14.6 Å². The molecular weight excluding hydrogens is 180 g/mol. The average molecular weight is 194 g/mol. The predicted molar refractivity (Wildman–Crippen MR) is 52.1 cm³/mol. The van der Waals surface area contributed by atoms with Crippen molar-refractivity contribution in [3.63, 3.8) is 0 Å². The molecule has 1 N–H and O–H groups in total. The molecule has 1 aromatic carbocycles. The van der Waals surface area contributed by atoms with E-state index in [9.17, 15) is 5.11 Å². The Bertz CT molecular complexity index is 335. The third-order valence-corrected chi connectivity index (χ3v) is 2.33. The first-order chi connectivity index (χ1) is 6.66. The molecule has 2 unspecified atom stereocenters. The molecule has 0 bridgehead atoms. The molecular formula is C11H14O3. The van der Waals surface area contributed by atoms with E-state index in [1.165, 1.54) is 0 Å². The van der Waals surface area contributed by atoms with Crippen LogP contribution in [0.5, 0.6) is 5.75 Å². The van der Waals surface area contributed by atoms with Crippen LogP contribution >= 0.6 is 0 Å². The minimum Gasteiger partial charge on any atom is -0.508 e. The van der Waals surface area contributed by atoms with Gasteiger partial charge in [0, 0.05) is 5.56 Å². The molecule has 1 saturated heterocycles. The third-order valence-electron chi connectivity index (χ3n) is 2.33. The zero-order chi connectivity index (χ0) is 10.1. The second kappa shape index (κ2) is 3.59. The third kappa shape index (κ3) is 1.74. The predicted octanol–water partition coefficient (Wildman–Crippen LogP) is 2.13. The van der Waals surface area contributed by atoms with Gasteiger partial charge in [-0.05, 0) is 31.5 Å². The minimum absolute atomic E-state index is 0.147. The molecule has 0 saturated carbocycles. The van der Waals surface area contributed by atoms with Gasteiger partial charge >= 0.3 is 0 Å². The molecule has 3 nitrogen and oxygen atoms in total. The monoisotopic (exact) mass is 194 g/mol. The van der Waals surface area contributed by atoms with Crippen molar-refractivity contribution in [2.75, 3.05) is 6.61 Å². The molecule has 0 aliphatic carbocycles. The SMILES string of the molecule is Cc1cc(C2OCC(C)O2)ccc1O. The van der Waals surface area contributed by atoms with Crippen molar-refractivity contribution >= 4 is 0 Å². The Labute approximate surface area is 83.3 Å². The number of aryl methyl sites for hydroxylation is 1. The van der Waals surface area contributed by atoms with E-state index in [0.29, 0.717) is 12.4 Å². The van der Waals surface area contributed by atoms with Gasteiger partial charge in [0.15, 0.2) is 6.29 Å². The van der Waals surface area contributed by atoms with Crippen LogP contribution in [0.3, 0.4) is 0 Å². The van der Waals surface area contributed by atoms with Crippen LogP contribution in [0.2, 0.25) is 0 Å². The molecule has 0 radical (unpaired) electrons. The zero-order valence-corrected chi connectivity index (χ0v) is 8.36. The second-order valence-corrected chi connectivity index (χ2v) is 3.66. The Balaban J connectivity index is 2.20. The molecule has 14 heavy (non-hydrogen) atoms. The molecule has 76 valence electrons. The van der Waals surface area contributed by atoms with Crippen LogP contribution in [0.15, 0.2) is 18.2 Å². The van der Waals surface area contributed by atoms with Crippen LogP contribution in [0.4, 0.5) is 0 Å². The lowest BCUT2D eigenvalue weighted by Crippen LogP contribution is -2.02. The zero-order valence-electron chi connectivity index (χ0n) is 8.36. The maximum Gasteiger partial charge on any atom is 0.184 e. The van der Waals surface area contributed by atoms with E-state index in [2.05, 4.69) is 0 Å². The first kappa shape index (κ1) is 9.49. The lowest BCUT2D eigenvalue weighted by molar-refractivity contribution is -0.0572. The summed E-state index contributed by atoms with van der Waals surface area (Å²) in [6.07, 6.45) is -0.126. The van der Waals surface area contributed by atoms with Gasteiger partial charge in [-0.1, -0.05) is 6.07 Å². The minimum atomic E-state index is -0.274. The van der Waals surface area contributed by atoms with Crippen LogP contribution in [-0.4, -0.2) is 17.8 Å². The summed E-state index contributed by atoms with van der Waals surface area (Å²) in [7, 11) is 0. The van der Waals surface area contributed by atoms with Crippen molar-refractivity contribution in [1.29, 1.82) is 0 Å². The average Bonchev–Trinajstić information content (AvgIpc) is 2.57. The number of rotatable bonds is 1. The Morgan fingerprint density at radius 1 is 1.43 bits per heavy atom. The lowest BCUT2D eigenvalue weighted by atomic mass is 10.1. The molecule has 1 fully saturated rings. The normalized spacial score (nSPS) is 26.7. The number of benzene rings is 1. The number of hydrogen-bond acceptors (Lipinski definition) is 3. The maximum absolute atomic E-state index is 9.36. The van der Waals surface area contributed by atoms with Gasteiger partial charge in [-0.2, -0.15) is 0 Å². The van der Waals surface area contributed by atoms with Crippen LogP contribution in [0.25, 0.3) is 0 Å². The molecule has 0 spiro atoms. The highest BCUT2D eigenvalue weighted by molar-refractivity contribution is 5.35. The van der Waals surface area contributed by atoms with E-state index in [1.807, 2.05) is 26.0 Å². The number of phenols is 1.